The molecule has 1 aliphatic rings. The van der Waals surface area contributed by atoms with Crippen LogP contribution in [0.4, 0.5) is 0 Å². The molecule has 1 fully saturated rings. The maximum absolute atomic E-state index is 12.6. The van der Waals surface area contributed by atoms with Gasteiger partial charge in [0, 0.05) is 39.1 Å². The number of nitrogens with one attached hydrogen (secondary N) is 2. The van der Waals surface area contributed by atoms with Gasteiger partial charge in [-0.15, -0.1) is 0 Å². The van der Waals surface area contributed by atoms with Crippen LogP contribution >= 0.6 is 0 Å². The van der Waals surface area contributed by atoms with Crippen LogP contribution in [-0.4, -0.2) is 44.3 Å². The summed E-state index contributed by atoms with van der Waals surface area (Å²) in [5.41, 5.74) is 0.873. The molecule has 2 N–H and O–H groups in total. The highest BCUT2D eigenvalue weighted by Crippen LogP contribution is 2.20. The summed E-state index contributed by atoms with van der Waals surface area (Å²) < 4.78 is 26.7. The van der Waals surface area contributed by atoms with Gasteiger partial charge < -0.3 is 10.6 Å². The van der Waals surface area contributed by atoms with E-state index >= 15 is 0 Å². The van der Waals surface area contributed by atoms with Crippen molar-refractivity contribution in [2.24, 2.45) is 0 Å². The van der Waals surface area contributed by atoms with Gasteiger partial charge in [-0.05, 0) is 17.7 Å². The zero-order valence-corrected chi connectivity index (χ0v) is 13.1. The number of carbonyl (C=O) groups is 1. The third-order valence-corrected chi connectivity index (χ3v) is 5.59. The maximum atomic E-state index is 12.6. The van der Waals surface area contributed by atoms with E-state index in [0.29, 0.717) is 31.1 Å². The molecule has 0 radical (unpaired) electrons. The molecule has 0 bridgehead atoms. The minimum absolute atomic E-state index is 0.0408. The van der Waals surface area contributed by atoms with E-state index < -0.39 is 10.0 Å². The van der Waals surface area contributed by atoms with Crippen molar-refractivity contribution in [3.63, 3.8) is 0 Å². The summed E-state index contributed by atoms with van der Waals surface area (Å²) in [6, 6.07) is 6.70. The zero-order chi connectivity index (χ0) is 15.5. The van der Waals surface area contributed by atoms with Crippen LogP contribution in [0.25, 0.3) is 0 Å². The van der Waals surface area contributed by atoms with E-state index in [0.717, 1.165) is 5.56 Å². The zero-order valence-electron chi connectivity index (χ0n) is 12.3. The predicted molar refractivity (Wildman–Crippen MR) is 80.2 cm³/mol. The van der Waals surface area contributed by atoms with Gasteiger partial charge in [-0.1, -0.05) is 19.1 Å². The monoisotopic (exact) mass is 311 g/mol. The minimum Gasteiger partial charge on any atom is -0.352 e. The van der Waals surface area contributed by atoms with Gasteiger partial charge in [-0.3, -0.25) is 4.79 Å². The smallest absolute Gasteiger partial charge is 0.243 e. The molecule has 7 heteroatoms. The maximum Gasteiger partial charge on any atom is 0.243 e. The third-order valence-electron chi connectivity index (χ3n) is 3.55. The van der Waals surface area contributed by atoms with Crippen molar-refractivity contribution in [2.45, 2.75) is 31.3 Å². The van der Waals surface area contributed by atoms with Gasteiger partial charge in [0.25, 0.3) is 0 Å². The van der Waals surface area contributed by atoms with Crippen LogP contribution in [0.2, 0.25) is 0 Å². The first-order chi connectivity index (χ1) is 9.95. The fraction of sp³-hybridized carbons (Fsp3) is 0.500. The van der Waals surface area contributed by atoms with E-state index in [4.69, 9.17) is 0 Å². The van der Waals surface area contributed by atoms with Gasteiger partial charge in [-0.2, -0.15) is 4.31 Å². The summed E-state index contributed by atoms with van der Waals surface area (Å²) in [7, 11) is -3.45. The Bertz CT molecular complexity index is 594. The molecule has 1 aliphatic heterocycles. The third kappa shape index (κ3) is 3.61. The van der Waals surface area contributed by atoms with Crippen molar-refractivity contribution < 1.29 is 13.2 Å². The van der Waals surface area contributed by atoms with Crippen LogP contribution in [-0.2, 0) is 21.4 Å². The highest BCUT2D eigenvalue weighted by Gasteiger charge is 2.33. The van der Waals surface area contributed by atoms with Crippen LogP contribution in [0.15, 0.2) is 29.2 Å². The molecule has 0 aliphatic carbocycles. The van der Waals surface area contributed by atoms with Crippen molar-refractivity contribution in [1.82, 2.24) is 14.9 Å². The fourth-order valence-electron chi connectivity index (χ4n) is 2.24. The van der Waals surface area contributed by atoms with Gasteiger partial charge in [0.15, 0.2) is 0 Å². The van der Waals surface area contributed by atoms with Crippen LogP contribution in [0.1, 0.15) is 19.4 Å². The molecule has 1 amide bonds. The minimum atomic E-state index is -3.45. The molecule has 0 atom stereocenters. The van der Waals surface area contributed by atoms with Crippen molar-refractivity contribution in [1.29, 1.82) is 0 Å². The molecule has 0 unspecified atom stereocenters. The summed E-state index contributed by atoms with van der Waals surface area (Å²) in [5, 5.41) is 5.77. The number of rotatable bonds is 6. The second-order valence-electron chi connectivity index (χ2n) is 5.07. The Balaban J connectivity index is 2.14. The summed E-state index contributed by atoms with van der Waals surface area (Å²) in [4.78, 5) is 11.2. The molecule has 1 heterocycles. The Hall–Kier alpha value is -1.44. The molecule has 1 saturated heterocycles. The Labute approximate surface area is 125 Å². The molecular formula is C14H21N3O3S. The van der Waals surface area contributed by atoms with Crippen LogP contribution in [0.3, 0.4) is 0 Å². The number of benzene rings is 1. The first kappa shape index (κ1) is 15.9. The summed E-state index contributed by atoms with van der Waals surface area (Å²) in [5.74, 6) is -0.110. The number of hydrogen-bond acceptors (Lipinski definition) is 4. The lowest BCUT2D eigenvalue weighted by Crippen LogP contribution is -2.58. The van der Waals surface area contributed by atoms with Crippen molar-refractivity contribution >= 4 is 15.9 Å². The van der Waals surface area contributed by atoms with Crippen LogP contribution in [0.5, 0.6) is 0 Å². The molecule has 21 heavy (non-hydrogen) atoms. The number of sulfonamides is 1. The lowest BCUT2D eigenvalue weighted by Gasteiger charge is -2.36. The van der Waals surface area contributed by atoms with E-state index in [1.807, 2.05) is 6.92 Å². The van der Waals surface area contributed by atoms with Crippen molar-refractivity contribution in [2.75, 3.05) is 19.6 Å². The second-order valence-corrected chi connectivity index (χ2v) is 6.96. The summed E-state index contributed by atoms with van der Waals surface area (Å²) >= 11 is 0. The Morgan fingerprint density at radius 1 is 1.33 bits per heavy atom. The predicted octanol–water partition coefficient (Wildman–Crippen LogP) is 0.305. The van der Waals surface area contributed by atoms with Gasteiger partial charge in [0.1, 0.15) is 0 Å². The lowest BCUT2D eigenvalue weighted by atomic mass is 10.2. The van der Waals surface area contributed by atoms with Crippen molar-refractivity contribution in [3.8, 4) is 0 Å². The van der Waals surface area contributed by atoms with Crippen LogP contribution < -0.4 is 10.6 Å². The lowest BCUT2D eigenvalue weighted by molar-refractivity contribution is -0.119. The highest BCUT2D eigenvalue weighted by atomic mass is 32.2. The van der Waals surface area contributed by atoms with Gasteiger partial charge in [0.05, 0.1) is 4.90 Å². The first-order valence-electron chi connectivity index (χ1n) is 7.01. The number of carbonyl (C=O) groups excluding carboxylic acids is 1. The van der Waals surface area contributed by atoms with E-state index in [1.54, 1.807) is 24.3 Å². The molecule has 6 nitrogen and oxygen atoms in total. The Morgan fingerprint density at radius 3 is 2.38 bits per heavy atom. The fourth-order valence-corrected chi connectivity index (χ4v) is 3.87. The van der Waals surface area contributed by atoms with E-state index in [9.17, 15) is 13.2 Å². The molecule has 2 rings (SSSR count). The normalized spacial score (nSPS) is 15.8. The average molecular weight is 311 g/mol. The molecular weight excluding hydrogens is 290 g/mol. The largest absolute Gasteiger partial charge is 0.352 e. The Morgan fingerprint density at radius 2 is 1.95 bits per heavy atom. The molecule has 116 valence electrons. The van der Waals surface area contributed by atoms with Gasteiger partial charge in [0.2, 0.25) is 15.9 Å². The quantitative estimate of drug-likeness (QED) is 0.792. The Kier molecular flexibility index (Phi) is 4.97. The van der Waals surface area contributed by atoms with Gasteiger partial charge >= 0.3 is 0 Å². The van der Waals surface area contributed by atoms with E-state index in [2.05, 4.69) is 10.6 Å². The first-order valence-corrected chi connectivity index (χ1v) is 8.45. The molecule has 1 aromatic carbocycles. The summed E-state index contributed by atoms with van der Waals surface area (Å²) in [6.45, 7) is 5.56. The molecule has 1 aromatic rings. The topological polar surface area (TPSA) is 78.5 Å². The number of nitrogens with zero attached hydrogens (tertiary/aromatic N) is 1. The SMILES string of the molecule is CCN(C1CNC1)S(=O)(=O)c1ccc(CNC(C)=O)cc1. The second kappa shape index (κ2) is 6.55. The highest BCUT2D eigenvalue weighted by molar-refractivity contribution is 7.89. The van der Waals surface area contributed by atoms with E-state index in [1.165, 1.54) is 11.2 Å². The van der Waals surface area contributed by atoms with E-state index in [-0.39, 0.29) is 11.9 Å². The number of hydrogen-bond donors (Lipinski definition) is 2. The number of likely N-dealkylation sites (N-methyl/N-ethyl adjacent to an activating group) is 1. The van der Waals surface area contributed by atoms with Gasteiger partial charge in [-0.25, -0.2) is 8.42 Å². The number of amides is 1. The molecule has 0 spiro atoms. The summed E-state index contributed by atoms with van der Waals surface area (Å²) in [6.07, 6.45) is 0. The average Bonchev–Trinajstić information content (AvgIpc) is 2.40. The van der Waals surface area contributed by atoms with Crippen molar-refractivity contribution in [3.05, 3.63) is 29.8 Å². The molecule has 0 aromatic heterocycles. The standard InChI is InChI=1S/C14H21N3O3S/c1-3-17(13-9-15-10-13)21(19,20)14-6-4-12(5-7-14)8-16-11(2)18/h4-7,13,15H,3,8-10H2,1-2H3,(H,16,18). The molecule has 0 saturated carbocycles. The van der Waals surface area contributed by atoms with Crippen LogP contribution in [0, 0.1) is 0 Å².